The Morgan fingerprint density at radius 1 is 0.837 bits per heavy atom. The zero-order valence-corrected chi connectivity index (χ0v) is 23.5. The van der Waals surface area contributed by atoms with Crippen LogP contribution in [0.5, 0.6) is 11.5 Å². The van der Waals surface area contributed by atoms with Crippen molar-refractivity contribution >= 4 is 49.7 Å². The van der Waals surface area contributed by atoms with E-state index in [2.05, 4.69) is 43.1 Å². The lowest BCUT2D eigenvalue weighted by molar-refractivity contribution is -0.140. The third-order valence-corrected chi connectivity index (χ3v) is 6.01. The summed E-state index contributed by atoms with van der Waals surface area (Å²) in [5, 5.41) is 42.3. The molecule has 228 valence electrons. The van der Waals surface area contributed by atoms with Crippen LogP contribution >= 0.6 is 15.9 Å². The Bertz CT molecular complexity index is 1580. The number of aromatic nitrogens is 2. The van der Waals surface area contributed by atoms with Gasteiger partial charge in [0.1, 0.15) is 34.6 Å². The topological polar surface area (TPSA) is 179 Å². The SMILES string of the molecule is C.C.C#CCBr.C#CCN[C@H](Cc1ccc(O)c2ncccc12)C(=O)O.N[C@H](Cc1ccc(O)c2ncccc12)C(=O)O. The molecule has 0 aliphatic heterocycles. The van der Waals surface area contributed by atoms with Gasteiger partial charge in [0.2, 0.25) is 0 Å². The summed E-state index contributed by atoms with van der Waals surface area (Å²) in [5.74, 6) is 2.85. The molecule has 4 rings (SSSR count). The smallest absolute Gasteiger partial charge is 0.321 e. The molecule has 11 heteroatoms. The molecule has 0 saturated heterocycles. The fraction of sp³-hybridized carbons (Fsp3) is 0.250. The number of carboxylic acids is 2. The van der Waals surface area contributed by atoms with Crippen LogP contribution in [0, 0.1) is 24.7 Å². The number of fused-ring (bicyclic) bond motifs is 2. The van der Waals surface area contributed by atoms with E-state index >= 15 is 0 Å². The van der Waals surface area contributed by atoms with Crippen LogP contribution in [0.3, 0.4) is 0 Å². The van der Waals surface area contributed by atoms with Crippen molar-refractivity contribution < 1.29 is 30.0 Å². The number of aliphatic carboxylic acids is 2. The predicted molar refractivity (Wildman–Crippen MR) is 174 cm³/mol. The van der Waals surface area contributed by atoms with Gasteiger partial charge in [-0.15, -0.1) is 12.8 Å². The van der Waals surface area contributed by atoms with E-state index in [9.17, 15) is 24.9 Å². The molecule has 4 aromatic rings. The highest BCUT2D eigenvalue weighted by molar-refractivity contribution is 9.09. The highest BCUT2D eigenvalue weighted by Gasteiger charge is 2.19. The minimum absolute atomic E-state index is 0. The number of halogens is 1. The maximum atomic E-state index is 11.2. The van der Waals surface area contributed by atoms with Crippen LogP contribution in [0.4, 0.5) is 0 Å². The van der Waals surface area contributed by atoms with Gasteiger partial charge in [0.05, 0.1) is 11.9 Å². The summed E-state index contributed by atoms with van der Waals surface area (Å²) >= 11 is 3.01. The Labute approximate surface area is 260 Å². The molecule has 0 aliphatic rings. The zero-order chi connectivity index (χ0) is 30.4. The Balaban J connectivity index is 0.000000707. The van der Waals surface area contributed by atoms with E-state index in [4.69, 9.17) is 23.7 Å². The van der Waals surface area contributed by atoms with Crippen molar-refractivity contribution in [2.45, 2.75) is 39.8 Å². The molecule has 7 N–H and O–H groups in total. The molecule has 2 heterocycles. The number of rotatable bonds is 8. The number of pyridine rings is 2. The minimum Gasteiger partial charge on any atom is -0.506 e. The summed E-state index contributed by atoms with van der Waals surface area (Å²) in [4.78, 5) is 30.1. The van der Waals surface area contributed by atoms with Gasteiger partial charge in [-0.25, -0.2) is 0 Å². The lowest BCUT2D eigenvalue weighted by Gasteiger charge is -2.14. The molecule has 2 atom stereocenters. The zero-order valence-electron chi connectivity index (χ0n) is 21.9. The number of hydrogen-bond acceptors (Lipinski definition) is 8. The maximum absolute atomic E-state index is 11.2. The fourth-order valence-electron chi connectivity index (χ4n) is 3.76. The van der Waals surface area contributed by atoms with Crippen LogP contribution in [0.2, 0.25) is 0 Å². The van der Waals surface area contributed by atoms with Gasteiger partial charge in [-0.3, -0.25) is 24.9 Å². The third kappa shape index (κ3) is 11.3. The van der Waals surface area contributed by atoms with Crippen molar-refractivity contribution in [2.24, 2.45) is 5.73 Å². The summed E-state index contributed by atoms with van der Waals surface area (Å²) in [6.45, 7) is 0.186. The number of carbonyl (C=O) groups is 2. The van der Waals surface area contributed by atoms with Crippen molar-refractivity contribution in [3.05, 3.63) is 72.1 Å². The number of alkyl halides is 1. The van der Waals surface area contributed by atoms with Crippen LogP contribution in [-0.4, -0.2) is 66.3 Å². The molecule has 43 heavy (non-hydrogen) atoms. The number of nitrogens with one attached hydrogen (secondary N) is 1. The average molecular weight is 654 g/mol. The first-order chi connectivity index (χ1) is 19.6. The van der Waals surface area contributed by atoms with Crippen molar-refractivity contribution in [3.8, 4) is 36.2 Å². The Morgan fingerprint density at radius 2 is 1.30 bits per heavy atom. The van der Waals surface area contributed by atoms with E-state index in [0.29, 0.717) is 16.4 Å². The van der Waals surface area contributed by atoms with Gasteiger partial charge < -0.3 is 26.2 Å². The number of phenolic OH excluding ortho intramolecular Hbond substituents is 2. The van der Waals surface area contributed by atoms with Gasteiger partial charge >= 0.3 is 11.9 Å². The van der Waals surface area contributed by atoms with Gasteiger partial charge in [-0.2, -0.15) is 0 Å². The molecule has 0 bridgehead atoms. The van der Waals surface area contributed by atoms with Crippen molar-refractivity contribution in [1.82, 2.24) is 15.3 Å². The highest BCUT2D eigenvalue weighted by Crippen LogP contribution is 2.27. The average Bonchev–Trinajstić information content (AvgIpc) is 2.98. The second-order valence-corrected chi connectivity index (χ2v) is 9.01. The van der Waals surface area contributed by atoms with Crippen molar-refractivity contribution in [3.63, 3.8) is 0 Å². The van der Waals surface area contributed by atoms with Gasteiger partial charge in [0.15, 0.2) is 0 Å². The monoisotopic (exact) mass is 652 g/mol. The van der Waals surface area contributed by atoms with Gasteiger partial charge in [0.25, 0.3) is 0 Å². The second kappa shape index (κ2) is 19.4. The van der Waals surface area contributed by atoms with E-state index < -0.39 is 24.0 Å². The summed E-state index contributed by atoms with van der Waals surface area (Å²) < 4.78 is 0. The van der Waals surface area contributed by atoms with E-state index in [1.54, 1.807) is 48.8 Å². The number of aromatic hydroxyl groups is 2. The summed E-state index contributed by atoms with van der Waals surface area (Å²) in [7, 11) is 0. The first kappa shape index (κ1) is 38.3. The molecule has 0 saturated carbocycles. The van der Waals surface area contributed by atoms with E-state index in [1.165, 1.54) is 12.1 Å². The lowest BCUT2D eigenvalue weighted by atomic mass is 10.0. The molecular formula is C32H37BrN4O6. The number of nitrogens with two attached hydrogens (primary N) is 1. The third-order valence-electron chi connectivity index (χ3n) is 5.68. The van der Waals surface area contributed by atoms with Crippen molar-refractivity contribution in [2.75, 3.05) is 11.9 Å². The van der Waals surface area contributed by atoms with Crippen LogP contribution in [0.1, 0.15) is 26.0 Å². The number of phenols is 2. The van der Waals surface area contributed by atoms with Crippen LogP contribution < -0.4 is 11.1 Å². The fourth-order valence-corrected chi connectivity index (χ4v) is 3.76. The molecule has 0 fully saturated rings. The summed E-state index contributed by atoms with van der Waals surface area (Å²) in [5.41, 5.74) is 7.98. The van der Waals surface area contributed by atoms with Gasteiger partial charge in [-0.1, -0.05) is 66.9 Å². The normalized spacial score (nSPS) is 11.0. The number of terminal acetylenes is 2. The highest BCUT2D eigenvalue weighted by atomic mass is 79.9. The van der Waals surface area contributed by atoms with E-state index in [1.807, 2.05) is 0 Å². The minimum atomic E-state index is -1.05. The Morgan fingerprint density at radius 3 is 1.70 bits per heavy atom. The molecule has 10 nitrogen and oxygen atoms in total. The largest absolute Gasteiger partial charge is 0.506 e. The van der Waals surface area contributed by atoms with E-state index in [0.717, 1.165) is 21.9 Å². The van der Waals surface area contributed by atoms with Crippen molar-refractivity contribution in [1.29, 1.82) is 0 Å². The van der Waals surface area contributed by atoms with Gasteiger partial charge in [-0.05, 0) is 48.2 Å². The predicted octanol–water partition coefficient (Wildman–Crippen LogP) is 4.34. The molecule has 0 amide bonds. The standard InChI is InChI=1S/C15H14N2O3.C12H12N2O3.C3H3Br.2CH4/c1-2-7-16-12(15(19)20)9-10-5-6-13(18)14-11(10)4-3-8-17-14;13-9(12(16)17)6-7-3-4-10(15)11-8(7)2-1-5-14-11;1-2-3-4;;/h1,3-6,8,12,16,18H,7,9H2,(H,19,20);1-5,9,15H,6,13H2,(H,16,17);1H,3H2;2*1H4/t12-;9-;;;/m11.../s1. The molecule has 0 aliphatic carbocycles. The number of benzene rings is 2. The van der Waals surface area contributed by atoms with Gasteiger partial charge in [0, 0.05) is 23.2 Å². The summed E-state index contributed by atoms with van der Waals surface area (Å²) in [6, 6.07) is 11.7. The first-order valence-electron chi connectivity index (χ1n) is 12.1. The number of nitrogens with zero attached hydrogens (tertiary/aromatic N) is 2. The van der Waals surface area contributed by atoms with E-state index in [-0.39, 0.29) is 45.7 Å². The molecular weight excluding hydrogens is 616 g/mol. The lowest BCUT2D eigenvalue weighted by Crippen LogP contribution is -2.38. The molecule has 0 spiro atoms. The first-order valence-corrected chi connectivity index (χ1v) is 13.2. The van der Waals surface area contributed by atoms with Crippen LogP contribution in [-0.2, 0) is 22.4 Å². The molecule has 0 radical (unpaired) electrons. The molecule has 2 aromatic carbocycles. The Hall–Kier alpha value is -4.68. The van der Waals surface area contributed by atoms with Crippen LogP contribution in [0.15, 0.2) is 60.9 Å². The molecule has 2 aromatic heterocycles. The Kier molecular flexibility index (Phi) is 17.3. The second-order valence-electron chi connectivity index (χ2n) is 8.45. The maximum Gasteiger partial charge on any atom is 0.321 e. The summed E-state index contributed by atoms with van der Waals surface area (Å²) in [6.07, 6.45) is 13.5. The molecule has 0 unspecified atom stereocenters. The number of carboxylic acid groups (broad SMARTS) is 2. The quantitative estimate of drug-likeness (QED) is 0.118. The number of hydrogen-bond donors (Lipinski definition) is 6. The van der Waals surface area contributed by atoms with Crippen LogP contribution in [0.25, 0.3) is 21.8 Å².